The van der Waals surface area contributed by atoms with Crippen LogP contribution < -0.4 is 16.1 Å². The molecule has 3 rings (SSSR count). The van der Waals surface area contributed by atoms with Gasteiger partial charge in [0.2, 0.25) is 0 Å². The smallest absolute Gasteiger partial charge is 0.396 e. The lowest BCUT2D eigenvalue weighted by Gasteiger charge is -2.40. The van der Waals surface area contributed by atoms with E-state index in [0.717, 1.165) is 6.92 Å². The van der Waals surface area contributed by atoms with Crippen LogP contribution in [-0.2, 0) is 11.3 Å². The van der Waals surface area contributed by atoms with Crippen molar-refractivity contribution in [3.05, 3.63) is 51.7 Å². The van der Waals surface area contributed by atoms with E-state index in [4.69, 9.17) is 4.74 Å². The molecule has 0 aliphatic carbocycles. The van der Waals surface area contributed by atoms with Crippen LogP contribution in [0.2, 0.25) is 0 Å². The Balaban J connectivity index is 2.38. The Morgan fingerprint density at radius 3 is 2.66 bits per heavy atom. The number of nitrogens with one attached hydrogen (secondary N) is 1. The number of allylic oxidation sites excluding steroid dienone is 1. The minimum atomic E-state index is -4.57. The molecule has 0 amide bonds. The van der Waals surface area contributed by atoms with Crippen LogP contribution in [0.25, 0.3) is 22.9 Å². The Kier molecular flexibility index (Phi) is 5.55. The minimum Gasteiger partial charge on any atom is -0.396 e. The SMILES string of the molecule is C=C/C=c1\c(=C(/C)C(F)(F)F)c(-c2cc(=O)[nH]c(C)n2)cn1CC1(CO)COC1. The number of H-pyrrole nitrogens is 1. The fourth-order valence-electron chi connectivity index (χ4n) is 3.43. The Morgan fingerprint density at radius 2 is 2.17 bits per heavy atom. The second kappa shape index (κ2) is 7.64. The fourth-order valence-corrected chi connectivity index (χ4v) is 3.43. The van der Waals surface area contributed by atoms with Gasteiger partial charge in [-0.15, -0.1) is 0 Å². The van der Waals surface area contributed by atoms with E-state index in [2.05, 4.69) is 16.5 Å². The Bertz CT molecular complexity index is 1100. The highest BCUT2D eigenvalue weighted by atomic mass is 19.4. The highest BCUT2D eigenvalue weighted by Gasteiger charge is 2.39. The molecule has 0 atom stereocenters. The van der Waals surface area contributed by atoms with Crippen molar-refractivity contribution in [3.8, 4) is 11.3 Å². The van der Waals surface area contributed by atoms with Crippen molar-refractivity contribution in [2.75, 3.05) is 19.8 Å². The standard InChI is InChI=1S/C20H22F3N3O3/c1-4-5-16-18(12(2)20(21,22)23)14(15-6-17(28)25-13(3)24-15)7-26(16)8-19(9-27)10-29-11-19/h4-7,27H,1,8-11H2,2-3H3,(H,24,25,28)/b16-5+,18-12+. The van der Waals surface area contributed by atoms with E-state index in [9.17, 15) is 23.1 Å². The summed E-state index contributed by atoms with van der Waals surface area (Å²) in [7, 11) is 0. The van der Waals surface area contributed by atoms with Crippen molar-refractivity contribution in [2.45, 2.75) is 26.6 Å². The zero-order valence-electron chi connectivity index (χ0n) is 16.1. The third-order valence-corrected chi connectivity index (χ3v) is 4.99. The minimum absolute atomic E-state index is 0.0665. The number of aliphatic hydroxyl groups excluding tert-OH is 1. The molecule has 9 heteroatoms. The van der Waals surface area contributed by atoms with Crippen molar-refractivity contribution in [2.24, 2.45) is 5.41 Å². The molecule has 1 aliphatic rings. The fraction of sp³-hybridized carbons (Fsp3) is 0.400. The highest BCUT2D eigenvalue weighted by molar-refractivity contribution is 5.66. The second-order valence-electron chi connectivity index (χ2n) is 7.32. The van der Waals surface area contributed by atoms with Crippen LogP contribution >= 0.6 is 0 Å². The van der Waals surface area contributed by atoms with E-state index in [1.165, 1.54) is 24.4 Å². The molecule has 0 saturated carbocycles. The first-order valence-corrected chi connectivity index (χ1v) is 8.97. The summed E-state index contributed by atoms with van der Waals surface area (Å²) in [5, 5.41) is 9.97. The number of aromatic nitrogens is 3. The van der Waals surface area contributed by atoms with Gasteiger partial charge in [-0.05, 0) is 19.9 Å². The Morgan fingerprint density at radius 1 is 1.48 bits per heavy atom. The van der Waals surface area contributed by atoms with Crippen LogP contribution in [0, 0.1) is 12.3 Å². The molecule has 0 aromatic carbocycles. The lowest BCUT2D eigenvalue weighted by Crippen LogP contribution is -2.50. The average Bonchev–Trinajstić information content (AvgIpc) is 2.94. The number of nitrogens with zero attached hydrogens (tertiary/aromatic N) is 2. The first-order chi connectivity index (χ1) is 13.6. The number of hydrogen-bond acceptors (Lipinski definition) is 4. The number of ether oxygens (including phenoxy) is 1. The quantitative estimate of drug-likeness (QED) is 0.779. The van der Waals surface area contributed by atoms with E-state index in [0.29, 0.717) is 19.0 Å². The van der Waals surface area contributed by atoms with Gasteiger partial charge < -0.3 is 19.4 Å². The normalized spacial score (nSPS) is 17.8. The molecule has 2 N–H and O–H groups in total. The third kappa shape index (κ3) is 4.06. The van der Waals surface area contributed by atoms with Gasteiger partial charge in [0.25, 0.3) is 5.56 Å². The maximum absolute atomic E-state index is 13.7. The van der Waals surface area contributed by atoms with Gasteiger partial charge in [0.05, 0.1) is 30.9 Å². The van der Waals surface area contributed by atoms with Crippen LogP contribution in [-0.4, -0.2) is 45.6 Å². The van der Waals surface area contributed by atoms with Gasteiger partial charge >= 0.3 is 6.18 Å². The topological polar surface area (TPSA) is 80.1 Å². The summed E-state index contributed by atoms with van der Waals surface area (Å²) in [6, 6.07) is 1.17. The Labute approximate surface area is 164 Å². The zero-order valence-corrected chi connectivity index (χ0v) is 16.1. The van der Waals surface area contributed by atoms with Crippen LogP contribution in [0.15, 0.2) is 29.7 Å². The molecule has 0 unspecified atom stereocenters. The van der Waals surface area contributed by atoms with Gasteiger partial charge in [-0.3, -0.25) is 4.79 Å². The Hall–Kier alpha value is -2.65. The van der Waals surface area contributed by atoms with E-state index in [-0.39, 0.29) is 35.0 Å². The van der Waals surface area contributed by atoms with Gasteiger partial charge in [-0.2, -0.15) is 13.2 Å². The van der Waals surface area contributed by atoms with Gasteiger partial charge in [0.1, 0.15) is 5.82 Å². The number of aliphatic hydroxyl groups is 1. The molecule has 6 nitrogen and oxygen atoms in total. The van der Waals surface area contributed by atoms with Crippen LogP contribution in [0.4, 0.5) is 13.2 Å². The summed E-state index contributed by atoms with van der Waals surface area (Å²) in [6.07, 6.45) is -0.146. The van der Waals surface area contributed by atoms with Gasteiger partial charge in [-0.25, -0.2) is 4.98 Å². The monoisotopic (exact) mass is 409 g/mol. The molecular formula is C20H22F3N3O3. The van der Waals surface area contributed by atoms with Crippen LogP contribution in [0.1, 0.15) is 12.7 Å². The number of rotatable bonds is 5. The van der Waals surface area contributed by atoms with E-state index < -0.39 is 22.7 Å². The van der Waals surface area contributed by atoms with Crippen molar-refractivity contribution >= 4 is 11.6 Å². The van der Waals surface area contributed by atoms with Crippen molar-refractivity contribution in [3.63, 3.8) is 0 Å². The number of halogens is 3. The molecule has 2 aromatic rings. The molecule has 1 saturated heterocycles. The van der Waals surface area contributed by atoms with Gasteiger partial charge in [0, 0.05) is 40.5 Å². The maximum atomic E-state index is 13.7. The number of alkyl halides is 3. The van der Waals surface area contributed by atoms with Gasteiger partial charge in [0.15, 0.2) is 0 Å². The summed E-state index contributed by atoms with van der Waals surface area (Å²) in [5.41, 5.74) is -1.49. The lowest BCUT2D eigenvalue weighted by atomic mass is 9.87. The zero-order chi connectivity index (χ0) is 21.4. The first-order valence-electron chi connectivity index (χ1n) is 8.97. The first kappa shape index (κ1) is 21.1. The third-order valence-electron chi connectivity index (χ3n) is 4.99. The molecule has 156 valence electrons. The average molecular weight is 409 g/mol. The van der Waals surface area contributed by atoms with Crippen molar-refractivity contribution < 1.29 is 23.0 Å². The van der Waals surface area contributed by atoms with Crippen molar-refractivity contribution in [1.29, 1.82) is 0 Å². The molecule has 3 heterocycles. The van der Waals surface area contributed by atoms with E-state index in [1.54, 1.807) is 11.5 Å². The predicted octanol–water partition coefficient (Wildman–Crippen LogP) is 1.26. The maximum Gasteiger partial charge on any atom is 0.413 e. The lowest BCUT2D eigenvalue weighted by molar-refractivity contribution is -0.145. The second-order valence-corrected chi connectivity index (χ2v) is 7.32. The molecule has 0 spiro atoms. The summed E-state index contributed by atoms with van der Waals surface area (Å²) in [5.74, 6) is 0.296. The molecule has 29 heavy (non-hydrogen) atoms. The van der Waals surface area contributed by atoms with Crippen LogP contribution in [0.3, 0.4) is 0 Å². The molecule has 0 bridgehead atoms. The summed E-state index contributed by atoms with van der Waals surface area (Å²) < 4.78 is 47.8. The predicted molar refractivity (Wildman–Crippen MR) is 102 cm³/mol. The van der Waals surface area contributed by atoms with Crippen LogP contribution in [0.5, 0.6) is 0 Å². The molecule has 0 radical (unpaired) electrons. The van der Waals surface area contributed by atoms with Gasteiger partial charge in [-0.1, -0.05) is 12.7 Å². The molecule has 1 fully saturated rings. The number of aryl methyl sites for hydroxylation is 1. The summed E-state index contributed by atoms with van der Waals surface area (Å²) in [6.45, 7) is 6.89. The van der Waals surface area contributed by atoms with E-state index >= 15 is 0 Å². The number of aromatic amines is 1. The molecule has 1 aliphatic heterocycles. The van der Waals surface area contributed by atoms with Crippen molar-refractivity contribution in [1.82, 2.24) is 14.5 Å². The van der Waals surface area contributed by atoms with E-state index in [1.807, 2.05) is 0 Å². The highest BCUT2D eigenvalue weighted by Crippen LogP contribution is 2.29. The molecule has 2 aromatic heterocycles. The number of hydrogen-bond donors (Lipinski definition) is 2. The summed E-state index contributed by atoms with van der Waals surface area (Å²) >= 11 is 0. The molecular weight excluding hydrogens is 387 g/mol. The summed E-state index contributed by atoms with van der Waals surface area (Å²) in [4.78, 5) is 18.6. The largest absolute Gasteiger partial charge is 0.413 e.